The standard InChI is InChI=1S/C26H17Cl2F3N2O3/c1-35-21-6-7-23-17(10-21)8-9-33(23)24(34)16-4-2-15(3-5-16)22-14-25(36-32-22,26(29,30)31)18-11-19(27)13-20(28)12-18/h2-13H,14H2,1H3. The molecule has 0 saturated carbocycles. The van der Waals surface area contributed by atoms with Crippen LogP contribution in [-0.2, 0) is 10.4 Å². The number of ether oxygens (including phenoxy) is 1. The number of benzene rings is 3. The molecule has 1 aliphatic rings. The van der Waals surface area contributed by atoms with Gasteiger partial charge >= 0.3 is 6.18 Å². The largest absolute Gasteiger partial charge is 0.497 e. The maximum atomic E-state index is 14.2. The number of hydrogen-bond acceptors (Lipinski definition) is 4. The van der Waals surface area contributed by atoms with E-state index < -0.39 is 18.2 Å². The summed E-state index contributed by atoms with van der Waals surface area (Å²) in [6.07, 6.45) is -3.71. The number of rotatable bonds is 4. The van der Waals surface area contributed by atoms with Crippen molar-refractivity contribution in [2.24, 2.45) is 5.16 Å². The molecule has 36 heavy (non-hydrogen) atoms. The first-order chi connectivity index (χ1) is 17.1. The number of halogens is 5. The molecule has 2 heterocycles. The van der Waals surface area contributed by atoms with Gasteiger partial charge in [-0.3, -0.25) is 9.36 Å². The fourth-order valence-corrected chi connectivity index (χ4v) is 4.74. The average molecular weight is 533 g/mol. The number of carbonyl (C=O) groups is 1. The van der Waals surface area contributed by atoms with E-state index in [4.69, 9.17) is 32.8 Å². The van der Waals surface area contributed by atoms with E-state index in [1.54, 1.807) is 55.8 Å². The van der Waals surface area contributed by atoms with Gasteiger partial charge in [0.1, 0.15) is 5.75 Å². The van der Waals surface area contributed by atoms with Crippen LogP contribution in [-0.4, -0.2) is 29.5 Å². The highest BCUT2D eigenvalue weighted by Gasteiger charge is 2.62. The van der Waals surface area contributed by atoms with Gasteiger partial charge < -0.3 is 9.57 Å². The number of alkyl halides is 3. The minimum absolute atomic E-state index is 0.0528. The van der Waals surface area contributed by atoms with Gasteiger partial charge in [0.15, 0.2) is 0 Å². The molecule has 0 spiro atoms. The Hall–Kier alpha value is -3.49. The number of methoxy groups -OCH3 is 1. The zero-order valence-corrected chi connectivity index (χ0v) is 20.2. The lowest BCUT2D eigenvalue weighted by molar-refractivity contribution is -0.275. The van der Waals surface area contributed by atoms with Crippen LogP contribution in [0.4, 0.5) is 13.2 Å². The van der Waals surface area contributed by atoms with Crippen LogP contribution in [0.15, 0.2) is 78.1 Å². The quantitative estimate of drug-likeness (QED) is 0.278. The summed E-state index contributed by atoms with van der Waals surface area (Å²) < 4.78 is 49.4. The molecule has 10 heteroatoms. The minimum atomic E-state index is -4.79. The second-order valence-corrected chi connectivity index (χ2v) is 9.15. The molecule has 1 aromatic heterocycles. The normalized spacial score (nSPS) is 17.7. The first kappa shape index (κ1) is 24.2. The van der Waals surface area contributed by atoms with Gasteiger partial charge in [0.2, 0.25) is 0 Å². The average Bonchev–Trinajstić information content (AvgIpc) is 3.48. The highest BCUT2D eigenvalue weighted by atomic mass is 35.5. The van der Waals surface area contributed by atoms with Gasteiger partial charge in [-0.05, 0) is 60.2 Å². The number of hydrogen-bond donors (Lipinski definition) is 0. The fraction of sp³-hybridized carbons (Fsp3) is 0.154. The van der Waals surface area contributed by atoms with E-state index in [0.29, 0.717) is 22.4 Å². The number of aromatic nitrogens is 1. The molecule has 3 aromatic carbocycles. The summed E-state index contributed by atoms with van der Waals surface area (Å²) in [5.74, 6) is 0.385. The van der Waals surface area contributed by atoms with E-state index in [9.17, 15) is 18.0 Å². The fourth-order valence-electron chi connectivity index (χ4n) is 4.21. The van der Waals surface area contributed by atoms with E-state index in [0.717, 1.165) is 17.5 Å². The van der Waals surface area contributed by atoms with Gasteiger partial charge in [0.25, 0.3) is 11.5 Å². The third-order valence-electron chi connectivity index (χ3n) is 6.10. The predicted molar refractivity (Wildman–Crippen MR) is 131 cm³/mol. The number of oxime groups is 1. The summed E-state index contributed by atoms with van der Waals surface area (Å²) in [6.45, 7) is 0. The van der Waals surface area contributed by atoms with E-state index in [1.807, 2.05) is 6.07 Å². The van der Waals surface area contributed by atoms with Crippen LogP contribution in [0.2, 0.25) is 10.0 Å². The van der Waals surface area contributed by atoms with Gasteiger partial charge in [0.05, 0.1) is 18.3 Å². The molecule has 0 saturated heterocycles. The van der Waals surface area contributed by atoms with Crippen LogP contribution in [0.1, 0.15) is 27.9 Å². The topological polar surface area (TPSA) is 52.8 Å². The third-order valence-corrected chi connectivity index (χ3v) is 6.53. The Morgan fingerprint density at radius 2 is 1.72 bits per heavy atom. The Labute approximate surface area is 213 Å². The summed E-state index contributed by atoms with van der Waals surface area (Å²) >= 11 is 11.9. The molecular weight excluding hydrogens is 516 g/mol. The third kappa shape index (κ3) is 4.10. The molecule has 0 aliphatic carbocycles. The maximum Gasteiger partial charge on any atom is 0.435 e. The Bertz CT molecular complexity index is 1490. The number of fused-ring (bicyclic) bond motifs is 1. The molecule has 0 N–H and O–H groups in total. The van der Waals surface area contributed by atoms with Crippen LogP contribution in [0.25, 0.3) is 10.9 Å². The van der Waals surface area contributed by atoms with E-state index in [1.165, 1.54) is 10.6 Å². The summed E-state index contributed by atoms with van der Waals surface area (Å²) in [7, 11) is 1.56. The summed E-state index contributed by atoms with van der Waals surface area (Å²) in [4.78, 5) is 18.1. The Kier molecular flexibility index (Phi) is 5.97. The highest BCUT2D eigenvalue weighted by molar-refractivity contribution is 6.34. The summed E-state index contributed by atoms with van der Waals surface area (Å²) in [5, 5.41) is 4.69. The molecule has 184 valence electrons. The van der Waals surface area contributed by atoms with Crippen molar-refractivity contribution in [3.05, 3.63) is 99.7 Å². The molecule has 5 nitrogen and oxygen atoms in total. The monoisotopic (exact) mass is 532 g/mol. The molecule has 0 amide bonds. The van der Waals surface area contributed by atoms with Gasteiger partial charge in [-0.25, -0.2) is 0 Å². The second kappa shape index (κ2) is 8.87. The smallest absolute Gasteiger partial charge is 0.435 e. The van der Waals surface area contributed by atoms with Crippen molar-refractivity contribution in [1.82, 2.24) is 4.57 Å². The van der Waals surface area contributed by atoms with Crippen LogP contribution >= 0.6 is 23.2 Å². The number of carbonyl (C=O) groups excluding carboxylic acids is 1. The van der Waals surface area contributed by atoms with Gasteiger partial charge in [-0.1, -0.05) is 40.5 Å². The van der Waals surface area contributed by atoms with Gasteiger partial charge in [0, 0.05) is 39.2 Å². The van der Waals surface area contributed by atoms with Gasteiger partial charge in [-0.2, -0.15) is 13.2 Å². The van der Waals surface area contributed by atoms with E-state index >= 15 is 0 Å². The van der Waals surface area contributed by atoms with Gasteiger partial charge in [-0.15, -0.1) is 0 Å². The van der Waals surface area contributed by atoms with Crippen molar-refractivity contribution in [3.8, 4) is 5.75 Å². The van der Waals surface area contributed by atoms with Crippen molar-refractivity contribution in [2.45, 2.75) is 18.2 Å². The van der Waals surface area contributed by atoms with Crippen LogP contribution in [0, 0.1) is 0 Å². The Morgan fingerprint density at radius 1 is 1.03 bits per heavy atom. The lowest BCUT2D eigenvalue weighted by atomic mass is 9.86. The van der Waals surface area contributed by atoms with E-state index in [2.05, 4.69) is 5.16 Å². The van der Waals surface area contributed by atoms with Crippen molar-refractivity contribution < 1.29 is 27.5 Å². The van der Waals surface area contributed by atoms with Crippen LogP contribution in [0.5, 0.6) is 5.75 Å². The number of nitrogens with zero attached hydrogens (tertiary/aromatic N) is 2. The molecule has 4 aromatic rings. The minimum Gasteiger partial charge on any atom is -0.497 e. The molecule has 1 unspecified atom stereocenters. The highest BCUT2D eigenvalue weighted by Crippen LogP contribution is 2.49. The molecule has 1 aliphatic heterocycles. The van der Waals surface area contributed by atoms with Crippen molar-refractivity contribution in [3.63, 3.8) is 0 Å². The Morgan fingerprint density at radius 3 is 2.36 bits per heavy atom. The first-order valence-corrected chi connectivity index (χ1v) is 11.5. The van der Waals surface area contributed by atoms with Crippen molar-refractivity contribution in [2.75, 3.05) is 7.11 Å². The van der Waals surface area contributed by atoms with Crippen molar-refractivity contribution in [1.29, 1.82) is 0 Å². The predicted octanol–water partition coefficient (Wildman–Crippen LogP) is 7.23. The maximum absolute atomic E-state index is 14.2. The zero-order valence-electron chi connectivity index (χ0n) is 18.6. The molecule has 0 radical (unpaired) electrons. The molecule has 0 fully saturated rings. The first-order valence-electron chi connectivity index (χ1n) is 10.7. The van der Waals surface area contributed by atoms with Crippen molar-refractivity contribution >= 4 is 45.7 Å². The summed E-state index contributed by atoms with van der Waals surface area (Å²) in [5.41, 5.74) is -1.43. The molecule has 0 bridgehead atoms. The SMILES string of the molecule is COc1ccc2c(ccn2C(=O)c2ccc(C3=NOC(c4cc(Cl)cc(Cl)c4)(C(F)(F)F)C3)cc2)c1. The zero-order chi connectivity index (χ0) is 25.7. The Balaban J connectivity index is 1.42. The molecule has 5 rings (SSSR count). The molecule has 1 atom stereocenters. The van der Waals surface area contributed by atoms with Crippen LogP contribution < -0.4 is 4.74 Å². The van der Waals surface area contributed by atoms with Crippen LogP contribution in [0.3, 0.4) is 0 Å². The second-order valence-electron chi connectivity index (χ2n) is 8.28. The lowest BCUT2D eigenvalue weighted by Gasteiger charge is -2.29. The van der Waals surface area contributed by atoms with E-state index in [-0.39, 0.29) is 27.2 Å². The summed E-state index contributed by atoms with van der Waals surface area (Å²) in [6, 6.07) is 17.0. The molecular formula is C26H17Cl2F3N2O3. The lowest BCUT2D eigenvalue weighted by Crippen LogP contribution is -2.42.